The molecule has 0 aliphatic heterocycles. The summed E-state index contributed by atoms with van der Waals surface area (Å²) in [6.07, 6.45) is -6.62. The maximum Gasteiger partial charge on any atom is 0.573 e. The molecule has 0 bridgehead atoms. The highest BCUT2D eigenvalue weighted by molar-refractivity contribution is 5.61. The normalized spacial score (nSPS) is 12.6. The molecular weight excluding hydrogens is 370 g/mol. The predicted octanol–water partition coefficient (Wildman–Crippen LogP) is 3.52. The van der Waals surface area contributed by atoms with E-state index in [-0.39, 0.29) is 16.9 Å². The monoisotopic (exact) mass is 378 g/mol. The molecule has 0 unspecified atom stereocenters. The third kappa shape index (κ3) is 3.40. The third-order valence-electron chi connectivity index (χ3n) is 3.26. The van der Waals surface area contributed by atoms with E-state index in [0.717, 1.165) is 42.1 Å². The molecule has 0 atom stereocenters. The fourth-order valence-corrected chi connectivity index (χ4v) is 2.11. The molecule has 0 amide bonds. The Balaban J connectivity index is 2.03. The first-order chi connectivity index (χ1) is 12.1. The smallest absolute Gasteiger partial charge is 0.403 e. The Morgan fingerprint density at radius 2 is 1.81 bits per heavy atom. The van der Waals surface area contributed by atoms with Gasteiger partial charge in [0.15, 0.2) is 17.2 Å². The van der Waals surface area contributed by atoms with E-state index in [9.17, 15) is 26.3 Å². The molecule has 12 heteroatoms. The average molecular weight is 378 g/mol. The van der Waals surface area contributed by atoms with Crippen LogP contribution in [0.2, 0.25) is 0 Å². The molecule has 2 aromatic heterocycles. The minimum absolute atomic E-state index is 0.0112. The molecular formula is C14H8F6N4O2. The number of halogens is 6. The van der Waals surface area contributed by atoms with Crippen molar-refractivity contribution in [3.05, 3.63) is 42.2 Å². The van der Waals surface area contributed by atoms with Crippen molar-refractivity contribution in [2.45, 2.75) is 12.5 Å². The van der Waals surface area contributed by atoms with Gasteiger partial charge in [-0.05, 0) is 18.2 Å². The van der Waals surface area contributed by atoms with Crippen LogP contribution in [-0.2, 0) is 10.8 Å². The quantitative estimate of drug-likeness (QED) is 0.650. The second kappa shape index (κ2) is 6.12. The van der Waals surface area contributed by atoms with E-state index in [2.05, 4.69) is 24.7 Å². The Bertz CT molecular complexity index is 956. The lowest BCUT2D eigenvalue weighted by Crippen LogP contribution is -2.19. The summed E-state index contributed by atoms with van der Waals surface area (Å²) in [5.74, 6) is -3.16. The van der Waals surface area contributed by atoms with Crippen molar-refractivity contribution >= 4 is 5.65 Å². The SMILES string of the molecule is COC(F)(F)c1nnc2cnc(-c3ccc(OC(F)(F)F)c(F)c3)cn12. The highest BCUT2D eigenvalue weighted by atomic mass is 19.4. The van der Waals surface area contributed by atoms with Crippen LogP contribution in [0.3, 0.4) is 0 Å². The molecule has 0 aliphatic carbocycles. The van der Waals surface area contributed by atoms with Gasteiger partial charge in [0.1, 0.15) is 0 Å². The number of fused-ring (bicyclic) bond motifs is 1. The van der Waals surface area contributed by atoms with Crippen molar-refractivity contribution in [3.63, 3.8) is 0 Å². The Kier molecular flexibility index (Phi) is 4.22. The van der Waals surface area contributed by atoms with Crippen LogP contribution in [0, 0.1) is 5.82 Å². The van der Waals surface area contributed by atoms with Crippen molar-refractivity contribution in [3.8, 4) is 17.0 Å². The summed E-state index contributed by atoms with van der Waals surface area (Å²) in [7, 11) is 0.776. The largest absolute Gasteiger partial charge is 0.573 e. The number of hydrogen-bond acceptors (Lipinski definition) is 5. The average Bonchev–Trinajstić information content (AvgIpc) is 2.99. The summed E-state index contributed by atoms with van der Waals surface area (Å²) in [5, 5.41) is 6.83. The summed E-state index contributed by atoms with van der Waals surface area (Å²) in [4.78, 5) is 3.90. The second-order valence-corrected chi connectivity index (χ2v) is 4.94. The number of hydrogen-bond donors (Lipinski definition) is 0. The minimum Gasteiger partial charge on any atom is -0.403 e. The van der Waals surface area contributed by atoms with Gasteiger partial charge < -0.3 is 9.47 Å². The zero-order valence-corrected chi connectivity index (χ0v) is 12.8. The number of alkyl halides is 5. The molecule has 26 heavy (non-hydrogen) atoms. The molecule has 0 fully saturated rings. The third-order valence-corrected chi connectivity index (χ3v) is 3.26. The highest BCUT2D eigenvalue weighted by Gasteiger charge is 2.37. The Morgan fingerprint density at radius 1 is 1.08 bits per heavy atom. The van der Waals surface area contributed by atoms with Crippen LogP contribution in [0.25, 0.3) is 16.9 Å². The van der Waals surface area contributed by atoms with Gasteiger partial charge in [0.25, 0.3) is 0 Å². The van der Waals surface area contributed by atoms with Crippen LogP contribution in [0.1, 0.15) is 5.82 Å². The fourth-order valence-electron chi connectivity index (χ4n) is 2.11. The van der Waals surface area contributed by atoms with E-state index >= 15 is 0 Å². The molecule has 0 N–H and O–H groups in total. The lowest BCUT2D eigenvalue weighted by Gasteiger charge is -2.12. The number of aromatic nitrogens is 4. The number of nitrogens with zero attached hydrogens (tertiary/aromatic N) is 4. The molecule has 0 saturated heterocycles. The van der Waals surface area contributed by atoms with Crippen molar-refractivity contribution in [2.75, 3.05) is 7.11 Å². The van der Waals surface area contributed by atoms with E-state index in [1.807, 2.05) is 0 Å². The van der Waals surface area contributed by atoms with Crippen molar-refractivity contribution in [1.29, 1.82) is 0 Å². The van der Waals surface area contributed by atoms with Gasteiger partial charge in [-0.25, -0.2) is 4.39 Å². The van der Waals surface area contributed by atoms with Gasteiger partial charge in [0.2, 0.25) is 5.82 Å². The van der Waals surface area contributed by atoms with Crippen LogP contribution < -0.4 is 4.74 Å². The van der Waals surface area contributed by atoms with Gasteiger partial charge in [-0.15, -0.1) is 23.4 Å². The van der Waals surface area contributed by atoms with Gasteiger partial charge in [-0.3, -0.25) is 9.38 Å². The molecule has 1 aromatic carbocycles. The number of methoxy groups -OCH3 is 1. The van der Waals surface area contributed by atoms with Crippen LogP contribution in [-0.4, -0.2) is 33.1 Å². The first kappa shape index (κ1) is 17.9. The lowest BCUT2D eigenvalue weighted by atomic mass is 10.1. The van der Waals surface area contributed by atoms with Crippen molar-refractivity contribution < 1.29 is 35.8 Å². The molecule has 0 spiro atoms. The van der Waals surface area contributed by atoms with Gasteiger partial charge >= 0.3 is 12.5 Å². The molecule has 3 aromatic rings. The van der Waals surface area contributed by atoms with Gasteiger partial charge in [-0.2, -0.15) is 8.78 Å². The van der Waals surface area contributed by atoms with Crippen LogP contribution in [0.15, 0.2) is 30.6 Å². The zero-order chi connectivity index (χ0) is 19.1. The molecule has 0 radical (unpaired) electrons. The number of rotatable bonds is 4. The van der Waals surface area contributed by atoms with Crippen LogP contribution in [0.4, 0.5) is 26.3 Å². The summed E-state index contributed by atoms with van der Waals surface area (Å²) < 4.78 is 86.2. The maximum atomic E-state index is 13.8. The van der Waals surface area contributed by atoms with Crippen molar-refractivity contribution in [2.24, 2.45) is 0 Å². The number of benzene rings is 1. The maximum absolute atomic E-state index is 13.8. The topological polar surface area (TPSA) is 61.5 Å². The van der Waals surface area contributed by atoms with Crippen molar-refractivity contribution in [1.82, 2.24) is 19.6 Å². The fraction of sp³-hybridized carbons (Fsp3) is 0.214. The standard InChI is InChI=1S/C14H8F6N4O2/c1-25-13(16,17)12-23-22-11-5-21-9(6-24(11)12)7-2-3-10(8(15)4-7)26-14(18,19)20/h2-6H,1H3. The van der Waals surface area contributed by atoms with E-state index in [1.54, 1.807) is 0 Å². The van der Waals surface area contributed by atoms with Crippen LogP contribution in [0.5, 0.6) is 5.75 Å². The number of ether oxygens (including phenoxy) is 2. The predicted molar refractivity (Wildman–Crippen MR) is 73.8 cm³/mol. The summed E-state index contributed by atoms with van der Waals surface area (Å²) in [6.45, 7) is 0. The summed E-state index contributed by atoms with van der Waals surface area (Å²) in [5.41, 5.74) is -0.0137. The van der Waals surface area contributed by atoms with Gasteiger partial charge in [0.05, 0.1) is 11.9 Å². The molecule has 2 heterocycles. The summed E-state index contributed by atoms with van der Waals surface area (Å²) >= 11 is 0. The first-order valence-corrected chi connectivity index (χ1v) is 6.80. The Hall–Kier alpha value is -2.89. The van der Waals surface area contributed by atoms with E-state index in [1.165, 1.54) is 0 Å². The molecule has 0 aliphatic rings. The minimum atomic E-state index is -5.05. The highest BCUT2D eigenvalue weighted by Crippen LogP contribution is 2.30. The Morgan fingerprint density at radius 3 is 2.42 bits per heavy atom. The molecule has 0 saturated carbocycles. The Labute approximate surface area is 141 Å². The molecule has 3 rings (SSSR count). The van der Waals surface area contributed by atoms with Crippen LogP contribution >= 0.6 is 0 Å². The van der Waals surface area contributed by atoms with Gasteiger partial charge in [-0.1, -0.05) is 0 Å². The van der Waals surface area contributed by atoms with Gasteiger partial charge in [0, 0.05) is 18.9 Å². The summed E-state index contributed by atoms with van der Waals surface area (Å²) in [6, 6.07) is 2.57. The molecule has 138 valence electrons. The first-order valence-electron chi connectivity index (χ1n) is 6.80. The van der Waals surface area contributed by atoms with E-state index in [4.69, 9.17) is 0 Å². The molecule has 6 nitrogen and oxygen atoms in total. The lowest BCUT2D eigenvalue weighted by molar-refractivity contribution is -0.275. The zero-order valence-electron chi connectivity index (χ0n) is 12.8. The second-order valence-electron chi connectivity index (χ2n) is 4.94. The van der Waals surface area contributed by atoms with E-state index in [0.29, 0.717) is 0 Å². The van der Waals surface area contributed by atoms with E-state index < -0.39 is 29.9 Å².